The summed E-state index contributed by atoms with van der Waals surface area (Å²) in [5, 5.41) is 0. The van der Waals surface area contributed by atoms with E-state index in [0.29, 0.717) is 16.9 Å². The Morgan fingerprint density at radius 2 is 2.00 bits per heavy atom. The van der Waals surface area contributed by atoms with Crippen molar-refractivity contribution in [3.63, 3.8) is 0 Å². The van der Waals surface area contributed by atoms with Gasteiger partial charge in [0.25, 0.3) is 0 Å². The van der Waals surface area contributed by atoms with Gasteiger partial charge in [0.1, 0.15) is 0 Å². The van der Waals surface area contributed by atoms with Crippen LogP contribution in [0, 0.1) is 5.92 Å². The number of hydrogen-bond acceptors (Lipinski definition) is 4. The molecule has 2 rings (SSSR count). The predicted octanol–water partition coefficient (Wildman–Crippen LogP) is 2.90. The fourth-order valence-electron chi connectivity index (χ4n) is 3.07. The molecule has 0 unspecified atom stereocenters. The van der Waals surface area contributed by atoms with E-state index in [1.807, 2.05) is 19.1 Å². The monoisotopic (exact) mass is 325 g/mol. The van der Waals surface area contributed by atoms with Crippen LogP contribution in [0.1, 0.15) is 38.3 Å². The van der Waals surface area contributed by atoms with Crippen LogP contribution in [-0.2, 0) is 14.6 Å². The van der Waals surface area contributed by atoms with Gasteiger partial charge in [-0.1, -0.05) is 12.1 Å². The van der Waals surface area contributed by atoms with E-state index in [4.69, 9.17) is 4.74 Å². The van der Waals surface area contributed by atoms with Gasteiger partial charge in [0.05, 0.1) is 11.5 Å². The molecule has 2 atom stereocenters. The molecule has 0 bridgehead atoms. The minimum absolute atomic E-state index is 0.304. The Hall–Kier alpha value is -0.910. The molecule has 0 saturated carbocycles. The second-order valence-corrected chi connectivity index (χ2v) is 8.20. The quantitative estimate of drug-likeness (QED) is 0.807. The first-order valence-electron chi connectivity index (χ1n) is 8.03. The molecule has 0 aliphatic carbocycles. The predicted molar refractivity (Wildman–Crippen MR) is 88.8 cm³/mol. The molecule has 1 fully saturated rings. The third kappa shape index (κ3) is 4.54. The highest BCUT2D eigenvalue weighted by Gasteiger charge is 2.24. The molecule has 0 spiro atoms. The lowest BCUT2D eigenvalue weighted by Crippen LogP contribution is -2.38. The van der Waals surface area contributed by atoms with E-state index in [2.05, 4.69) is 11.8 Å². The Kier molecular flexibility index (Phi) is 6.01. The first kappa shape index (κ1) is 17.4. The van der Waals surface area contributed by atoms with Crippen molar-refractivity contribution in [2.75, 3.05) is 32.6 Å². The second-order valence-electron chi connectivity index (χ2n) is 6.18. The molecule has 0 amide bonds. The molecule has 1 heterocycles. The van der Waals surface area contributed by atoms with Crippen molar-refractivity contribution in [3.8, 4) is 0 Å². The zero-order valence-electron chi connectivity index (χ0n) is 13.8. The molecule has 1 saturated heterocycles. The van der Waals surface area contributed by atoms with Gasteiger partial charge in [-0.05, 0) is 56.8 Å². The van der Waals surface area contributed by atoms with Crippen molar-refractivity contribution < 1.29 is 13.2 Å². The SMILES string of the molecule is CCOC[C@H]1CCCN([C@H](C)c2ccc(S(C)(=O)=O)cc2)C1. The second kappa shape index (κ2) is 7.57. The van der Waals surface area contributed by atoms with Gasteiger partial charge in [0.15, 0.2) is 9.84 Å². The maximum atomic E-state index is 11.5. The molecule has 1 aliphatic heterocycles. The summed E-state index contributed by atoms with van der Waals surface area (Å²) in [6, 6.07) is 7.60. The molecule has 1 aromatic carbocycles. The summed E-state index contributed by atoms with van der Waals surface area (Å²) in [7, 11) is -3.12. The Bertz CT molecular complexity index is 568. The average molecular weight is 325 g/mol. The van der Waals surface area contributed by atoms with Gasteiger partial charge in [0.2, 0.25) is 0 Å². The first-order chi connectivity index (χ1) is 10.4. The fraction of sp³-hybridized carbons (Fsp3) is 0.647. The van der Waals surface area contributed by atoms with Crippen LogP contribution in [0.2, 0.25) is 0 Å². The van der Waals surface area contributed by atoms with E-state index in [9.17, 15) is 8.42 Å². The Morgan fingerprint density at radius 1 is 1.32 bits per heavy atom. The van der Waals surface area contributed by atoms with E-state index < -0.39 is 9.84 Å². The molecule has 0 aromatic heterocycles. The number of sulfone groups is 1. The van der Waals surface area contributed by atoms with Crippen LogP contribution in [-0.4, -0.2) is 45.9 Å². The third-order valence-electron chi connectivity index (χ3n) is 4.45. The van der Waals surface area contributed by atoms with Gasteiger partial charge in [-0.25, -0.2) is 8.42 Å². The summed E-state index contributed by atoms with van der Waals surface area (Å²) in [6.07, 6.45) is 3.67. The summed E-state index contributed by atoms with van der Waals surface area (Å²) >= 11 is 0. The lowest BCUT2D eigenvalue weighted by molar-refractivity contribution is 0.0537. The van der Waals surface area contributed by atoms with Crippen LogP contribution in [0.15, 0.2) is 29.2 Å². The Balaban J connectivity index is 2.02. The molecule has 5 heteroatoms. The van der Waals surface area contributed by atoms with Crippen molar-refractivity contribution in [1.82, 2.24) is 4.90 Å². The van der Waals surface area contributed by atoms with E-state index in [-0.39, 0.29) is 0 Å². The molecule has 4 nitrogen and oxygen atoms in total. The van der Waals surface area contributed by atoms with Gasteiger partial charge in [0, 0.05) is 25.4 Å². The topological polar surface area (TPSA) is 46.6 Å². The number of piperidine rings is 1. The number of ether oxygens (including phenoxy) is 1. The smallest absolute Gasteiger partial charge is 0.175 e. The third-order valence-corrected chi connectivity index (χ3v) is 5.57. The molecule has 22 heavy (non-hydrogen) atoms. The molecular weight excluding hydrogens is 298 g/mol. The average Bonchev–Trinajstić information content (AvgIpc) is 2.52. The van der Waals surface area contributed by atoms with Crippen molar-refractivity contribution in [2.24, 2.45) is 5.92 Å². The summed E-state index contributed by atoms with van der Waals surface area (Å²) in [5.74, 6) is 0.603. The van der Waals surface area contributed by atoms with Crippen LogP contribution < -0.4 is 0 Å². The maximum absolute atomic E-state index is 11.5. The molecule has 1 aromatic rings. The van der Waals surface area contributed by atoms with Crippen molar-refractivity contribution in [3.05, 3.63) is 29.8 Å². The Labute approximate surface area is 134 Å². The van der Waals surface area contributed by atoms with Gasteiger partial charge in [-0.15, -0.1) is 0 Å². The largest absolute Gasteiger partial charge is 0.381 e. The van der Waals surface area contributed by atoms with Crippen LogP contribution in [0.4, 0.5) is 0 Å². The minimum atomic E-state index is -3.12. The van der Waals surface area contributed by atoms with Gasteiger partial charge >= 0.3 is 0 Å². The van der Waals surface area contributed by atoms with Crippen molar-refractivity contribution in [1.29, 1.82) is 0 Å². The number of benzene rings is 1. The standard InChI is InChI=1S/C17H27NO3S/c1-4-21-13-15-6-5-11-18(12-15)14(2)16-7-9-17(10-8-16)22(3,19)20/h7-10,14-15H,4-6,11-13H2,1-3H3/t14-,15+/m1/s1. The number of likely N-dealkylation sites (tertiary alicyclic amines) is 1. The highest BCUT2D eigenvalue weighted by atomic mass is 32.2. The van der Waals surface area contributed by atoms with Crippen molar-refractivity contribution >= 4 is 9.84 Å². The van der Waals surface area contributed by atoms with Crippen LogP contribution in [0.3, 0.4) is 0 Å². The number of rotatable bonds is 6. The van der Waals surface area contributed by atoms with Crippen molar-refractivity contribution in [2.45, 2.75) is 37.6 Å². The van der Waals surface area contributed by atoms with Crippen LogP contribution >= 0.6 is 0 Å². The van der Waals surface area contributed by atoms with Gasteiger partial charge in [-0.3, -0.25) is 4.90 Å². The summed E-state index contributed by atoms with van der Waals surface area (Å²) in [6.45, 7) is 7.99. The lowest BCUT2D eigenvalue weighted by Gasteiger charge is -2.37. The molecule has 0 N–H and O–H groups in total. The van der Waals surface area contributed by atoms with E-state index in [1.165, 1.54) is 24.7 Å². The van der Waals surface area contributed by atoms with Crippen LogP contribution in [0.25, 0.3) is 0 Å². The summed E-state index contributed by atoms with van der Waals surface area (Å²) in [5.41, 5.74) is 1.17. The highest BCUT2D eigenvalue weighted by Crippen LogP contribution is 2.27. The Morgan fingerprint density at radius 3 is 2.59 bits per heavy atom. The lowest BCUT2D eigenvalue weighted by atomic mass is 9.96. The normalized spacial score (nSPS) is 21.7. The van der Waals surface area contributed by atoms with E-state index in [1.54, 1.807) is 12.1 Å². The summed E-state index contributed by atoms with van der Waals surface area (Å²) in [4.78, 5) is 2.86. The number of hydrogen-bond donors (Lipinski definition) is 0. The van der Waals surface area contributed by atoms with Gasteiger partial charge in [-0.2, -0.15) is 0 Å². The molecular formula is C17H27NO3S. The zero-order chi connectivity index (χ0) is 16.2. The molecule has 0 radical (unpaired) electrons. The van der Waals surface area contributed by atoms with E-state index in [0.717, 1.165) is 26.3 Å². The van der Waals surface area contributed by atoms with Gasteiger partial charge < -0.3 is 4.74 Å². The molecule has 1 aliphatic rings. The first-order valence-corrected chi connectivity index (χ1v) is 9.92. The highest BCUT2D eigenvalue weighted by molar-refractivity contribution is 7.90. The zero-order valence-corrected chi connectivity index (χ0v) is 14.6. The van der Waals surface area contributed by atoms with Crippen LogP contribution in [0.5, 0.6) is 0 Å². The fourth-order valence-corrected chi connectivity index (χ4v) is 3.70. The maximum Gasteiger partial charge on any atom is 0.175 e. The number of nitrogens with zero attached hydrogens (tertiary/aromatic N) is 1. The summed E-state index contributed by atoms with van der Waals surface area (Å²) < 4.78 is 28.6. The minimum Gasteiger partial charge on any atom is -0.381 e. The molecule has 124 valence electrons. The van der Waals surface area contributed by atoms with E-state index >= 15 is 0 Å².